The largest absolute Gasteiger partial charge is 0.616 e. The van der Waals surface area contributed by atoms with Gasteiger partial charge in [0.15, 0.2) is 12.0 Å². The highest BCUT2D eigenvalue weighted by Crippen LogP contribution is 2.28. The van der Waals surface area contributed by atoms with Crippen molar-refractivity contribution in [3.8, 4) is 23.1 Å². The highest BCUT2D eigenvalue weighted by atomic mass is 16.6. The van der Waals surface area contributed by atoms with Gasteiger partial charge in [0.25, 0.3) is 0 Å². The first kappa shape index (κ1) is 14.1. The van der Waals surface area contributed by atoms with E-state index in [1.165, 1.54) is 6.20 Å². The van der Waals surface area contributed by atoms with Crippen LogP contribution in [0.15, 0.2) is 73.2 Å². The summed E-state index contributed by atoms with van der Waals surface area (Å²) in [5.41, 5.74) is 1.56. The van der Waals surface area contributed by atoms with Crippen LogP contribution in [-0.4, -0.2) is 15.0 Å². The third-order valence-electron chi connectivity index (χ3n) is 3.50. The van der Waals surface area contributed by atoms with Gasteiger partial charge in [-0.2, -0.15) is 4.98 Å². The predicted molar refractivity (Wildman–Crippen MR) is 88.2 cm³/mol. The van der Waals surface area contributed by atoms with Crippen molar-refractivity contribution >= 4 is 10.9 Å². The van der Waals surface area contributed by atoms with Crippen molar-refractivity contribution in [3.63, 3.8) is 0 Å². The third kappa shape index (κ3) is 2.61. The van der Waals surface area contributed by atoms with Gasteiger partial charge in [-0.3, -0.25) is 4.98 Å². The summed E-state index contributed by atoms with van der Waals surface area (Å²) < 4.78 is 6.42. The molecule has 0 fully saturated rings. The quantitative estimate of drug-likeness (QED) is 0.429. The first-order chi connectivity index (χ1) is 11.8. The van der Waals surface area contributed by atoms with E-state index in [4.69, 9.17) is 4.74 Å². The minimum atomic E-state index is 0.155. The van der Waals surface area contributed by atoms with Gasteiger partial charge >= 0.3 is 5.88 Å². The van der Waals surface area contributed by atoms with Crippen LogP contribution in [0.4, 0.5) is 0 Å². The van der Waals surface area contributed by atoms with Crippen LogP contribution in [0.3, 0.4) is 0 Å². The Morgan fingerprint density at radius 1 is 0.875 bits per heavy atom. The number of rotatable bonds is 3. The second kappa shape index (κ2) is 5.92. The number of fused-ring (bicyclic) bond motifs is 1. The van der Waals surface area contributed by atoms with E-state index in [9.17, 15) is 5.21 Å². The molecular weight excluding hydrogens is 304 g/mol. The number of aromatic nitrogens is 4. The van der Waals surface area contributed by atoms with E-state index in [1.54, 1.807) is 30.6 Å². The van der Waals surface area contributed by atoms with E-state index in [-0.39, 0.29) is 5.88 Å². The molecule has 0 saturated heterocycles. The zero-order valence-electron chi connectivity index (χ0n) is 12.5. The molecule has 0 unspecified atom stereocenters. The second-order valence-corrected chi connectivity index (χ2v) is 5.07. The molecule has 0 bridgehead atoms. The minimum absolute atomic E-state index is 0.155. The van der Waals surface area contributed by atoms with Gasteiger partial charge < -0.3 is 9.94 Å². The molecule has 4 aromatic rings. The zero-order chi connectivity index (χ0) is 16.4. The predicted octanol–water partition coefficient (Wildman–Crippen LogP) is 3.12. The van der Waals surface area contributed by atoms with E-state index < -0.39 is 0 Å². The lowest BCUT2D eigenvalue weighted by atomic mass is 10.2. The molecule has 4 rings (SSSR count). The Hall–Kier alpha value is -3.54. The van der Waals surface area contributed by atoms with Gasteiger partial charge in [-0.25, -0.2) is 4.98 Å². The van der Waals surface area contributed by atoms with Crippen molar-refractivity contribution in [2.75, 3.05) is 0 Å². The molecule has 0 radical (unpaired) electrons. The van der Waals surface area contributed by atoms with E-state index in [2.05, 4.69) is 15.0 Å². The summed E-state index contributed by atoms with van der Waals surface area (Å²) in [6.07, 6.45) is 4.73. The lowest BCUT2D eigenvalue weighted by molar-refractivity contribution is -0.611. The number of benzene rings is 1. The van der Waals surface area contributed by atoms with Crippen molar-refractivity contribution < 1.29 is 9.47 Å². The average Bonchev–Trinajstić information content (AvgIpc) is 2.64. The fraction of sp³-hybridized carbons (Fsp3) is 0. The molecule has 0 saturated carbocycles. The number of para-hydroxylation sites is 1. The summed E-state index contributed by atoms with van der Waals surface area (Å²) in [7, 11) is 0. The summed E-state index contributed by atoms with van der Waals surface area (Å²) in [4.78, 5) is 13.1. The van der Waals surface area contributed by atoms with E-state index in [0.29, 0.717) is 16.4 Å². The van der Waals surface area contributed by atoms with Gasteiger partial charge in [0.05, 0.1) is 17.0 Å². The molecule has 0 aliphatic heterocycles. The Morgan fingerprint density at radius 3 is 2.50 bits per heavy atom. The van der Waals surface area contributed by atoms with Crippen LogP contribution in [-0.2, 0) is 0 Å². The standard InChI is InChI=1S/C18H12N4O2/c23-22-12-4-3-7-16(22)24-18-14-5-1-2-6-15(14)20-17(21-18)13-8-10-19-11-9-13/h1-12H. The Morgan fingerprint density at radius 2 is 1.67 bits per heavy atom. The van der Waals surface area contributed by atoms with Gasteiger partial charge in [-0.05, 0) is 30.3 Å². The Bertz CT molecular complexity index is 1010. The Labute approximate surface area is 137 Å². The Balaban J connectivity index is 1.88. The maximum atomic E-state index is 11.9. The molecule has 3 heterocycles. The molecule has 3 aromatic heterocycles. The number of ether oxygens (including phenoxy) is 1. The van der Waals surface area contributed by atoms with Crippen molar-refractivity contribution in [3.05, 3.63) is 78.4 Å². The van der Waals surface area contributed by atoms with Crippen molar-refractivity contribution in [2.24, 2.45) is 0 Å². The highest BCUT2D eigenvalue weighted by molar-refractivity contribution is 5.85. The van der Waals surface area contributed by atoms with Crippen LogP contribution >= 0.6 is 0 Å². The summed E-state index contributed by atoms with van der Waals surface area (Å²) in [5.74, 6) is 1.00. The summed E-state index contributed by atoms with van der Waals surface area (Å²) in [6.45, 7) is 0. The molecule has 0 spiro atoms. The van der Waals surface area contributed by atoms with Crippen molar-refractivity contribution in [1.29, 1.82) is 0 Å². The molecule has 6 nitrogen and oxygen atoms in total. The lowest BCUT2D eigenvalue weighted by Crippen LogP contribution is -2.27. The molecule has 0 aliphatic rings. The monoisotopic (exact) mass is 316 g/mol. The molecule has 0 amide bonds. The summed E-state index contributed by atoms with van der Waals surface area (Å²) >= 11 is 0. The minimum Gasteiger partial charge on any atom is -0.616 e. The summed E-state index contributed by atoms with van der Waals surface area (Å²) in [5, 5.41) is 12.6. The van der Waals surface area contributed by atoms with Gasteiger partial charge in [-0.15, -0.1) is 4.73 Å². The SMILES string of the molecule is [O-][n+]1ccccc1Oc1nc(-c2ccncc2)nc2ccccc12. The van der Waals surface area contributed by atoms with Crippen LogP contribution in [0.25, 0.3) is 22.3 Å². The van der Waals surface area contributed by atoms with Crippen molar-refractivity contribution in [2.45, 2.75) is 0 Å². The normalized spacial score (nSPS) is 10.7. The van der Waals surface area contributed by atoms with Crippen molar-refractivity contribution in [1.82, 2.24) is 15.0 Å². The van der Waals surface area contributed by atoms with E-state index in [1.807, 2.05) is 36.4 Å². The first-order valence-electron chi connectivity index (χ1n) is 7.34. The van der Waals surface area contributed by atoms with Gasteiger partial charge in [0.2, 0.25) is 5.88 Å². The number of pyridine rings is 2. The Kier molecular flexibility index (Phi) is 3.47. The van der Waals surface area contributed by atoms with Gasteiger partial charge in [0.1, 0.15) is 0 Å². The van der Waals surface area contributed by atoms with Gasteiger partial charge in [0, 0.05) is 24.0 Å². The van der Waals surface area contributed by atoms with E-state index in [0.717, 1.165) is 16.5 Å². The molecule has 24 heavy (non-hydrogen) atoms. The fourth-order valence-corrected chi connectivity index (χ4v) is 2.35. The molecule has 1 aromatic carbocycles. The maximum absolute atomic E-state index is 11.9. The number of hydrogen-bond donors (Lipinski definition) is 0. The van der Waals surface area contributed by atoms with Crippen LogP contribution < -0.4 is 9.47 Å². The highest BCUT2D eigenvalue weighted by Gasteiger charge is 2.14. The third-order valence-corrected chi connectivity index (χ3v) is 3.50. The molecule has 0 N–H and O–H groups in total. The van der Waals surface area contributed by atoms with Crippen LogP contribution in [0.5, 0.6) is 11.8 Å². The first-order valence-corrected chi connectivity index (χ1v) is 7.34. The number of nitrogens with zero attached hydrogens (tertiary/aromatic N) is 4. The van der Waals surface area contributed by atoms with Gasteiger partial charge in [-0.1, -0.05) is 12.1 Å². The molecule has 0 aliphatic carbocycles. The number of hydrogen-bond acceptors (Lipinski definition) is 5. The van der Waals surface area contributed by atoms with Crippen LogP contribution in [0.1, 0.15) is 0 Å². The molecule has 6 heteroatoms. The van der Waals surface area contributed by atoms with Crippen LogP contribution in [0, 0.1) is 5.21 Å². The zero-order valence-corrected chi connectivity index (χ0v) is 12.5. The fourth-order valence-electron chi connectivity index (χ4n) is 2.35. The van der Waals surface area contributed by atoms with E-state index >= 15 is 0 Å². The maximum Gasteiger partial charge on any atom is 0.386 e. The molecule has 116 valence electrons. The summed E-state index contributed by atoms with van der Waals surface area (Å²) in [6, 6.07) is 16.1. The van der Waals surface area contributed by atoms with Crippen LogP contribution in [0.2, 0.25) is 0 Å². The average molecular weight is 316 g/mol. The molecule has 0 atom stereocenters. The molecular formula is C18H12N4O2. The smallest absolute Gasteiger partial charge is 0.386 e. The topological polar surface area (TPSA) is 74.8 Å². The second-order valence-electron chi connectivity index (χ2n) is 5.07. The lowest BCUT2D eigenvalue weighted by Gasteiger charge is -2.09.